The number of benzene rings is 2. The van der Waals surface area contributed by atoms with Crippen molar-refractivity contribution in [2.45, 2.75) is 103 Å². The number of phenols is 1. The predicted octanol–water partition coefficient (Wildman–Crippen LogP) is 7.74. The highest BCUT2D eigenvalue weighted by molar-refractivity contribution is 6.18. The fourth-order valence-corrected chi connectivity index (χ4v) is 4.56. The molecule has 0 saturated heterocycles. The summed E-state index contributed by atoms with van der Waals surface area (Å²) in [6.45, 7) is 2.85. The van der Waals surface area contributed by atoms with E-state index in [2.05, 4.69) is 12.2 Å². The van der Waals surface area contributed by atoms with Crippen molar-refractivity contribution < 1.29 is 19.7 Å². The van der Waals surface area contributed by atoms with Gasteiger partial charge in [-0.3, -0.25) is 4.79 Å². The van der Waals surface area contributed by atoms with Gasteiger partial charge >= 0.3 is 0 Å². The number of halogens is 1. The lowest BCUT2D eigenvalue weighted by Gasteiger charge is -2.15. The summed E-state index contributed by atoms with van der Waals surface area (Å²) in [5.41, 5.74) is 0.175. The second kappa shape index (κ2) is 18.3. The summed E-state index contributed by atoms with van der Waals surface area (Å²) in [6.07, 6.45) is 17.3. The topological polar surface area (TPSA) is 78.8 Å². The van der Waals surface area contributed by atoms with Crippen molar-refractivity contribution in [1.82, 2.24) is 5.32 Å². The molecule has 0 bridgehead atoms. The molecule has 36 heavy (non-hydrogen) atoms. The average Bonchev–Trinajstić information content (AvgIpc) is 2.90. The van der Waals surface area contributed by atoms with Crippen LogP contribution < -0.4 is 10.1 Å². The standard InChI is InChI=1S/C30H46ClNO4/c1-2-3-4-5-6-7-8-9-10-11-12-13-14-17-20-32-30(35)27-21-28(36-23-24(33)22-31)25-18-15-16-19-26(25)29(27)34/h15-16,18-19,21,24,33-34H,2-14,17,20,22-23H2,1H3,(H,32,35). The Balaban J connectivity index is 1.66. The van der Waals surface area contributed by atoms with Crippen LogP contribution in [0.25, 0.3) is 10.8 Å². The fourth-order valence-electron chi connectivity index (χ4n) is 4.47. The molecule has 1 amide bonds. The van der Waals surface area contributed by atoms with Crippen LogP contribution in [0.1, 0.15) is 107 Å². The Hall–Kier alpha value is -1.98. The Kier molecular flexibility index (Phi) is 15.4. The van der Waals surface area contributed by atoms with E-state index < -0.39 is 6.10 Å². The molecule has 0 fully saturated rings. The molecular formula is C30H46ClNO4. The average molecular weight is 520 g/mol. The van der Waals surface area contributed by atoms with Gasteiger partial charge in [0.15, 0.2) is 0 Å². The van der Waals surface area contributed by atoms with Crippen LogP contribution in [0.2, 0.25) is 0 Å². The minimum atomic E-state index is -0.808. The van der Waals surface area contributed by atoms with Gasteiger partial charge < -0.3 is 20.3 Å². The molecule has 1 unspecified atom stereocenters. The first-order valence-electron chi connectivity index (χ1n) is 14.0. The number of amides is 1. The first-order valence-corrected chi connectivity index (χ1v) is 14.5. The van der Waals surface area contributed by atoms with Crippen LogP contribution >= 0.6 is 11.6 Å². The second-order valence-electron chi connectivity index (χ2n) is 9.79. The lowest BCUT2D eigenvalue weighted by molar-refractivity contribution is 0.0949. The molecule has 3 N–H and O–H groups in total. The molecule has 6 heteroatoms. The number of aliphatic hydroxyl groups excluding tert-OH is 1. The van der Waals surface area contributed by atoms with E-state index >= 15 is 0 Å². The predicted molar refractivity (Wildman–Crippen MR) is 150 cm³/mol. The summed E-state index contributed by atoms with van der Waals surface area (Å²) in [6, 6.07) is 8.74. The van der Waals surface area contributed by atoms with Crippen molar-refractivity contribution in [2.24, 2.45) is 0 Å². The van der Waals surface area contributed by atoms with Gasteiger partial charge in [0.2, 0.25) is 0 Å². The van der Waals surface area contributed by atoms with Gasteiger partial charge in [0.05, 0.1) is 11.4 Å². The number of unbranched alkanes of at least 4 members (excludes halogenated alkanes) is 13. The molecule has 0 spiro atoms. The number of phenolic OH excluding ortho intramolecular Hbond substituents is 1. The van der Waals surface area contributed by atoms with Gasteiger partial charge in [-0.2, -0.15) is 0 Å². The maximum Gasteiger partial charge on any atom is 0.255 e. The number of hydrogen-bond acceptors (Lipinski definition) is 4. The van der Waals surface area contributed by atoms with Gasteiger partial charge in [-0.25, -0.2) is 0 Å². The Labute approximate surface area is 222 Å². The highest BCUT2D eigenvalue weighted by atomic mass is 35.5. The highest BCUT2D eigenvalue weighted by Crippen LogP contribution is 2.36. The van der Waals surface area contributed by atoms with E-state index in [9.17, 15) is 15.0 Å². The molecule has 1 atom stereocenters. The molecule has 2 aromatic rings. The van der Waals surface area contributed by atoms with Gasteiger partial charge in [-0.1, -0.05) is 115 Å². The first-order chi connectivity index (χ1) is 17.6. The van der Waals surface area contributed by atoms with E-state index in [-0.39, 0.29) is 29.7 Å². The van der Waals surface area contributed by atoms with Crippen molar-refractivity contribution in [3.63, 3.8) is 0 Å². The van der Waals surface area contributed by atoms with Gasteiger partial charge in [0.1, 0.15) is 24.2 Å². The molecule has 2 rings (SSSR count). The Morgan fingerprint density at radius 3 is 1.97 bits per heavy atom. The van der Waals surface area contributed by atoms with Crippen LogP contribution in [-0.2, 0) is 0 Å². The summed E-state index contributed by atoms with van der Waals surface area (Å²) in [7, 11) is 0. The minimum Gasteiger partial charge on any atom is -0.506 e. The number of aromatic hydroxyl groups is 1. The lowest BCUT2D eigenvalue weighted by atomic mass is 10.0. The third kappa shape index (κ3) is 11.0. The van der Waals surface area contributed by atoms with Crippen LogP contribution in [0.4, 0.5) is 0 Å². The molecule has 5 nitrogen and oxygen atoms in total. The van der Waals surface area contributed by atoms with Gasteiger partial charge in [-0.05, 0) is 12.5 Å². The van der Waals surface area contributed by atoms with Crippen molar-refractivity contribution in [2.75, 3.05) is 19.0 Å². The quantitative estimate of drug-likeness (QED) is 0.123. The van der Waals surface area contributed by atoms with E-state index in [4.69, 9.17) is 16.3 Å². The molecule has 0 radical (unpaired) electrons. The molecule has 0 aliphatic carbocycles. The summed E-state index contributed by atoms with van der Waals surface area (Å²) < 4.78 is 5.72. The first kappa shape index (κ1) is 30.2. The molecule has 0 aromatic heterocycles. The number of carbonyl (C=O) groups excluding carboxylic acids is 1. The van der Waals surface area contributed by atoms with Crippen molar-refractivity contribution in [3.05, 3.63) is 35.9 Å². The third-order valence-electron chi connectivity index (χ3n) is 6.65. The van der Waals surface area contributed by atoms with E-state index in [0.29, 0.717) is 23.1 Å². The Morgan fingerprint density at radius 1 is 0.889 bits per heavy atom. The third-order valence-corrected chi connectivity index (χ3v) is 7.00. The lowest BCUT2D eigenvalue weighted by Crippen LogP contribution is -2.25. The Bertz CT molecular complexity index is 889. The normalized spacial score (nSPS) is 12.1. The van der Waals surface area contributed by atoms with E-state index in [1.165, 1.54) is 77.0 Å². The number of fused-ring (bicyclic) bond motifs is 1. The van der Waals surface area contributed by atoms with E-state index in [0.717, 1.165) is 12.8 Å². The Morgan fingerprint density at radius 2 is 1.42 bits per heavy atom. The number of hydrogen-bond donors (Lipinski definition) is 3. The van der Waals surface area contributed by atoms with Gasteiger partial charge in [-0.15, -0.1) is 11.6 Å². The van der Waals surface area contributed by atoms with Crippen molar-refractivity contribution >= 4 is 28.3 Å². The smallest absolute Gasteiger partial charge is 0.255 e. The molecule has 0 saturated carbocycles. The molecular weight excluding hydrogens is 474 g/mol. The summed E-state index contributed by atoms with van der Waals surface area (Å²) >= 11 is 5.66. The van der Waals surface area contributed by atoms with E-state index in [1.807, 2.05) is 12.1 Å². The summed E-state index contributed by atoms with van der Waals surface area (Å²) in [5, 5.41) is 24.6. The molecule has 2 aromatic carbocycles. The van der Waals surface area contributed by atoms with Gasteiger partial charge in [0.25, 0.3) is 5.91 Å². The number of carbonyl (C=O) groups is 1. The van der Waals surface area contributed by atoms with Crippen LogP contribution in [0.5, 0.6) is 11.5 Å². The zero-order chi connectivity index (χ0) is 26.0. The monoisotopic (exact) mass is 519 g/mol. The maximum absolute atomic E-state index is 12.8. The fraction of sp³-hybridized carbons (Fsp3) is 0.633. The zero-order valence-corrected chi connectivity index (χ0v) is 22.8. The molecule has 0 heterocycles. The largest absolute Gasteiger partial charge is 0.506 e. The second-order valence-corrected chi connectivity index (χ2v) is 10.1. The van der Waals surface area contributed by atoms with Crippen LogP contribution in [0, 0.1) is 0 Å². The zero-order valence-electron chi connectivity index (χ0n) is 22.1. The van der Waals surface area contributed by atoms with Crippen LogP contribution in [0.15, 0.2) is 30.3 Å². The van der Waals surface area contributed by atoms with Crippen molar-refractivity contribution in [3.8, 4) is 11.5 Å². The highest BCUT2D eigenvalue weighted by Gasteiger charge is 2.18. The van der Waals surface area contributed by atoms with Crippen LogP contribution in [-0.4, -0.2) is 41.3 Å². The number of aliphatic hydroxyl groups is 1. The van der Waals surface area contributed by atoms with Gasteiger partial charge in [0, 0.05) is 17.3 Å². The minimum absolute atomic E-state index is 0.0123. The number of nitrogens with one attached hydrogen (secondary N) is 1. The van der Waals surface area contributed by atoms with Crippen molar-refractivity contribution in [1.29, 1.82) is 0 Å². The molecule has 0 aliphatic rings. The molecule has 0 aliphatic heterocycles. The summed E-state index contributed by atoms with van der Waals surface area (Å²) in [5.74, 6) is 0.113. The number of rotatable bonds is 20. The van der Waals surface area contributed by atoms with Crippen LogP contribution in [0.3, 0.4) is 0 Å². The maximum atomic E-state index is 12.8. The number of alkyl halides is 1. The summed E-state index contributed by atoms with van der Waals surface area (Å²) in [4.78, 5) is 12.8. The molecule has 202 valence electrons. The number of ether oxygens (including phenoxy) is 1. The SMILES string of the molecule is CCCCCCCCCCCCCCCCNC(=O)c1cc(OCC(O)CCl)c2ccccc2c1O. The van der Waals surface area contributed by atoms with E-state index in [1.54, 1.807) is 18.2 Å².